The van der Waals surface area contributed by atoms with Crippen molar-refractivity contribution in [2.45, 2.75) is 6.55 Å². The molecule has 3 heteroatoms. The van der Waals surface area contributed by atoms with Crippen molar-refractivity contribution in [3.8, 4) is 0 Å². The molecule has 0 N–H and O–H groups in total. The Bertz CT molecular complexity index is 23.6. The predicted octanol–water partition coefficient (Wildman–Crippen LogP) is 0.722. The van der Waals surface area contributed by atoms with Crippen LogP contribution in [0.25, 0.3) is 0 Å². The van der Waals surface area contributed by atoms with Crippen LogP contribution in [0.3, 0.4) is 0 Å². The van der Waals surface area contributed by atoms with Crippen molar-refractivity contribution in [2.24, 2.45) is 0 Å². The number of hydrogen-bond acceptors (Lipinski definition) is 1. The molecule has 0 amide bonds. The summed E-state index contributed by atoms with van der Waals surface area (Å²) >= 11 is 5.38. The summed E-state index contributed by atoms with van der Waals surface area (Å²) in [5.74, 6) is 0. The standard InChI is InChI=1S/C2H7ClOSi/c1-4-5(2)3/h5H,1-2H3. The Hall–Kier alpha value is 0.467. The molecule has 1 nitrogen and oxygen atoms in total. The van der Waals surface area contributed by atoms with E-state index < -0.39 is 8.35 Å². The molecule has 0 aromatic rings. The normalized spacial score (nSPS) is 15.0. The molecule has 0 aliphatic rings. The summed E-state index contributed by atoms with van der Waals surface area (Å²) in [4.78, 5) is 0. The van der Waals surface area contributed by atoms with E-state index in [1.165, 1.54) is 0 Å². The molecule has 1 unspecified atom stereocenters. The Labute approximate surface area is 38.3 Å². The van der Waals surface area contributed by atoms with Crippen molar-refractivity contribution >= 4 is 19.4 Å². The lowest BCUT2D eigenvalue weighted by Gasteiger charge is -1.89. The summed E-state index contributed by atoms with van der Waals surface area (Å²) in [6.07, 6.45) is 0. The van der Waals surface area contributed by atoms with Crippen LogP contribution in [0.1, 0.15) is 0 Å². The Kier molecular flexibility index (Phi) is 2.94. The predicted molar refractivity (Wildman–Crippen MR) is 25.9 cm³/mol. The van der Waals surface area contributed by atoms with Crippen LogP contribution in [-0.4, -0.2) is 15.5 Å². The van der Waals surface area contributed by atoms with E-state index in [0.717, 1.165) is 0 Å². The molecule has 0 rings (SSSR count). The third-order valence-electron chi connectivity index (χ3n) is 0.325. The second-order valence-corrected chi connectivity index (χ2v) is 4.18. The molecule has 0 aliphatic heterocycles. The van der Waals surface area contributed by atoms with Crippen molar-refractivity contribution in [1.82, 2.24) is 0 Å². The van der Waals surface area contributed by atoms with Gasteiger partial charge in [0.2, 0.25) is 0 Å². The smallest absolute Gasteiger partial charge is 0.270 e. The van der Waals surface area contributed by atoms with Crippen molar-refractivity contribution in [1.29, 1.82) is 0 Å². The molecule has 0 bridgehead atoms. The van der Waals surface area contributed by atoms with Crippen molar-refractivity contribution < 1.29 is 4.43 Å². The molecule has 0 heterocycles. The first kappa shape index (κ1) is 5.47. The SMILES string of the molecule is CO[SiH](C)Cl. The number of rotatable bonds is 1. The Morgan fingerprint density at radius 3 is 2.00 bits per heavy atom. The summed E-state index contributed by atoms with van der Waals surface area (Å²) in [7, 11) is 0.451. The highest BCUT2D eigenvalue weighted by molar-refractivity contribution is 7.02. The van der Waals surface area contributed by atoms with Crippen LogP contribution in [0.4, 0.5) is 0 Å². The lowest BCUT2D eigenvalue weighted by Crippen LogP contribution is -1.97. The average molecular weight is 111 g/mol. The van der Waals surface area contributed by atoms with Gasteiger partial charge in [-0.15, -0.1) is 11.1 Å². The zero-order valence-corrected chi connectivity index (χ0v) is 5.27. The van der Waals surface area contributed by atoms with Gasteiger partial charge in [-0.05, 0) is 6.55 Å². The van der Waals surface area contributed by atoms with Gasteiger partial charge in [0, 0.05) is 7.11 Å². The second kappa shape index (κ2) is 2.69. The van der Waals surface area contributed by atoms with E-state index >= 15 is 0 Å². The van der Waals surface area contributed by atoms with Gasteiger partial charge < -0.3 is 4.43 Å². The van der Waals surface area contributed by atoms with Crippen LogP contribution in [0.15, 0.2) is 0 Å². The maximum absolute atomic E-state index is 5.38. The van der Waals surface area contributed by atoms with E-state index in [-0.39, 0.29) is 0 Å². The first-order valence-electron chi connectivity index (χ1n) is 1.44. The summed E-state index contributed by atoms with van der Waals surface area (Å²) < 4.78 is 4.65. The Balaban J connectivity index is 2.54. The van der Waals surface area contributed by atoms with Gasteiger partial charge in [0.15, 0.2) is 0 Å². The fourth-order valence-electron chi connectivity index (χ4n) is 0. The van der Waals surface area contributed by atoms with E-state index in [0.29, 0.717) is 0 Å². The third-order valence-corrected chi connectivity index (χ3v) is 1.51. The minimum absolute atomic E-state index is 1.18. The van der Waals surface area contributed by atoms with E-state index in [1.54, 1.807) is 7.11 Å². The largest absolute Gasteiger partial charge is 0.409 e. The topological polar surface area (TPSA) is 9.23 Å². The quantitative estimate of drug-likeness (QED) is 0.357. The molecular weight excluding hydrogens is 104 g/mol. The lowest BCUT2D eigenvalue weighted by molar-refractivity contribution is 0.440. The fourth-order valence-corrected chi connectivity index (χ4v) is 0. The molecule has 0 fully saturated rings. The lowest BCUT2D eigenvalue weighted by atomic mass is 11.8. The summed E-state index contributed by atoms with van der Waals surface area (Å²) in [5, 5.41) is 0. The maximum Gasteiger partial charge on any atom is 0.270 e. The highest BCUT2D eigenvalue weighted by atomic mass is 35.6. The van der Waals surface area contributed by atoms with Crippen LogP contribution in [0, 0.1) is 0 Å². The first-order chi connectivity index (χ1) is 2.27. The van der Waals surface area contributed by atoms with E-state index in [2.05, 4.69) is 4.43 Å². The zero-order valence-electron chi connectivity index (χ0n) is 3.36. The molecule has 0 radical (unpaired) electrons. The van der Waals surface area contributed by atoms with Crippen LogP contribution in [0.2, 0.25) is 6.55 Å². The average Bonchev–Trinajstić information content (AvgIpc) is 1.38. The van der Waals surface area contributed by atoms with E-state index in [4.69, 9.17) is 11.1 Å². The van der Waals surface area contributed by atoms with Gasteiger partial charge in [-0.3, -0.25) is 0 Å². The molecule has 0 aromatic carbocycles. The molecule has 5 heavy (non-hydrogen) atoms. The van der Waals surface area contributed by atoms with Crippen LogP contribution in [0.5, 0.6) is 0 Å². The zero-order chi connectivity index (χ0) is 4.28. The Morgan fingerprint density at radius 2 is 2.00 bits per heavy atom. The van der Waals surface area contributed by atoms with Gasteiger partial charge >= 0.3 is 0 Å². The van der Waals surface area contributed by atoms with Gasteiger partial charge in [0.25, 0.3) is 8.35 Å². The van der Waals surface area contributed by atoms with Crippen molar-refractivity contribution in [3.63, 3.8) is 0 Å². The van der Waals surface area contributed by atoms with Crippen LogP contribution >= 0.6 is 11.1 Å². The minimum atomic E-state index is -1.18. The monoisotopic (exact) mass is 110 g/mol. The molecule has 0 saturated carbocycles. The molecule has 1 atom stereocenters. The second-order valence-electron chi connectivity index (χ2n) is 0.779. The summed E-state index contributed by atoms with van der Waals surface area (Å²) in [6, 6.07) is 0. The van der Waals surface area contributed by atoms with Crippen LogP contribution in [-0.2, 0) is 4.43 Å². The third kappa shape index (κ3) is 4.47. The van der Waals surface area contributed by atoms with Gasteiger partial charge in [-0.2, -0.15) is 0 Å². The fraction of sp³-hybridized carbons (Fsp3) is 1.00. The Morgan fingerprint density at radius 1 is 1.80 bits per heavy atom. The maximum atomic E-state index is 5.38. The van der Waals surface area contributed by atoms with Crippen molar-refractivity contribution in [3.05, 3.63) is 0 Å². The number of halogens is 1. The minimum Gasteiger partial charge on any atom is -0.409 e. The highest BCUT2D eigenvalue weighted by Crippen LogP contribution is 1.83. The summed E-state index contributed by atoms with van der Waals surface area (Å²) in [6.45, 7) is 1.90. The molecule has 0 aliphatic carbocycles. The molecular formula is C2H7ClOSi. The van der Waals surface area contributed by atoms with Gasteiger partial charge in [0.1, 0.15) is 0 Å². The first-order valence-corrected chi connectivity index (χ1v) is 4.81. The molecule has 0 spiro atoms. The molecule has 32 valence electrons. The van der Waals surface area contributed by atoms with Gasteiger partial charge in [0.05, 0.1) is 0 Å². The van der Waals surface area contributed by atoms with E-state index in [1.807, 2.05) is 6.55 Å². The highest BCUT2D eigenvalue weighted by Gasteiger charge is 1.87. The summed E-state index contributed by atoms with van der Waals surface area (Å²) in [5.41, 5.74) is 0. The molecule has 0 saturated heterocycles. The number of hydrogen-bond donors (Lipinski definition) is 0. The van der Waals surface area contributed by atoms with Gasteiger partial charge in [-0.1, -0.05) is 0 Å². The van der Waals surface area contributed by atoms with E-state index in [9.17, 15) is 0 Å². The van der Waals surface area contributed by atoms with Crippen molar-refractivity contribution in [2.75, 3.05) is 7.11 Å². The van der Waals surface area contributed by atoms with Gasteiger partial charge in [-0.25, -0.2) is 0 Å². The van der Waals surface area contributed by atoms with Crippen LogP contribution < -0.4 is 0 Å². The molecule has 0 aromatic heterocycles.